The maximum Gasteiger partial charge on any atom is 0.154 e. The molecule has 0 amide bonds. The van der Waals surface area contributed by atoms with Gasteiger partial charge in [-0.25, -0.2) is 0 Å². The summed E-state index contributed by atoms with van der Waals surface area (Å²) in [5.74, 6) is -0.145. The van der Waals surface area contributed by atoms with Crippen LogP contribution in [0, 0.1) is 11.8 Å². The van der Waals surface area contributed by atoms with Crippen LogP contribution in [0.5, 0.6) is 0 Å². The highest BCUT2D eigenvalue weighted by Gasteiger charge is 2.40. The molecular formula is C15H18O5. The van der Waals surface area contributed by atoms with Crippen LogP contribution < -0.4 is 0 Å². The first kappa shape index (κ1) is 13.4. The van der Waals surface area contributed by atoms with Gasteiger partial charge in [0.15, 0.2) is 5.78 Å². The predicted octanol–water partition coefficient (Wildman–Crippen LogP) is 0.990. The van der Waals surface area contributed by atoms with Gasteiger partial charge in [0.1, 0.15) is 24.2 Å². The van der Waals surface area contributed by atoms with Crippen molar-refractivity contribution in [3.63, 3.8) is 0 Å². The summed E-state index contributed by atoms with van der Waals surface area (Å²) in [5.41, 5.74) is 0.711. The molecule has 3 aliphatic rings. The van der Waals surface area contributed by atoms with E-state index in [0.717, 1.165) is 0 Å². The lowest BCUT2D eigenvalue weighted by Crippen LogP contribution is -2.38. The number of fused-ring (bicyclic) bond motifs is 1. The van der Waals surface area contributed by atoms with Crippen molar-refractivity contribution in [3.05, 3.63) is 35.3 Å². The van der Waals surface area contributed by atoms with E-state index in [-0.39, 0.29) is 24.1 Å². The first-order valence-corrected chi connectivity index (χ1v) is 6.91. The molecule has 1 fully saturated rings. The highest BCUT2D eigenvalue weighted by Crippen LogP contribution is 2.37. The van der Waals surface area contributed by atoms with Crippen molar-refractivity contribution in [3.8, 4) is 0 Å². The summed E-state index contributed by atoms with van der Waals surface area (Å²) in [5, 5.41) is 28.6. The van der Waals surface area contributed by atoms with Crippen LogP contribution >= 0.6 is 0 Å². The van der Waals surface area contributed by atoms with Crippen molar-refractivity contribution in [1.82, 2.24) is 0 Å². The van der Waals surface area contributed by atoms with Crippen LogP contribution in [0.15, 0.2) is 35.3 Å². The van der Waals surface area contributed by atoms with E-state index in [1.54, 1.807) is 12.2 Å². The summed E-state index contributed by atoms with van der Waals surface area (Å²) < 4.78 is 5.62. The molecule has 0 aromatic rings. The first-order chi connectivity index (χ1) is 9.56. The molecule has 4 atom stereocenters. The Morgan fingerprint density at radius 3 is 2.75 bits per heavy atom. The first-order valence-electron chi connectivity index (χ1n) is 6.91. The standard InChI is InChI=1S/C15H18O5/c16-9-2-3-10-14(6-9)20-7-11(15(10)19)8-1-4-12(17)13(18)5-8/h1,5-6,9-12,16-18H,2-4,7H2/t9?,10-,11?,12?/m0/s1. The largest absolute Gasteiger partial charge is 0.510 e. The van der Waals surface area contributed by atoms with Crippen molar-refractivity contribution in [2.24, 2.45) is 11.8 Å². The van der Waals surface area contributed by atoms with Crippen molar-refractivity contribution >= 4 is 5.78 Å². The molecule has 2 aliphatic carbocycles. The van der Waals surface area contributed by atoms with Crippen molar-refractivity contribution in [1.29, 1.82) is 0 Å². The molecule has 20 heavy (non-hydrogen) atoms. The van der Waals surface area contributed by atoms with Gasteiger partial charge in [-0.15, -0.1) is 0 Å². The Morgan fingerprint density at radius 1 is 1.20 bits per heavy atom. The smallest absolute Gasteiger partial charge is 0.154 e. The minimum absolute atomic E-state index is 0.0705. The summed E-state index contributed by atoms with van der Waals surface area (Å²) >= 11 is 0. The fourth-order valence-electron chi connectivity index (χ4n) is 3.00. The zero-order valence-corrected chi connectivity index (χ0v) is 11.0. The molecule has 0 spiro atoms. The van der Waals surface area contributed by atoms with Crippen LogP contribution in [0.2, 0.25) is 0 Å². The predicted molar refractivity (Wildman–Crippen MR) is 70.7 cm³/mol. The third-order valence-electron chi connectivity index (χ3n) is 4.19. The summed E-state index contributed by atoms with van der Waals surface area (Å²) in [6.45, 7) is 0.222. The van der Waals surface area contributed by atoms with Crippen LogP contribution in [0.1, 0.15) is 19.3 Å². The number of ketones is 1. The summed E-state index contributed by atoms with van der Waals surface area (Å²) in [6.07, 6.45) is 4.93. The SMILES string of the molecule is O=C1C(C2=CCC(O)C(O)=C2)COC2=CC(O)CC[C@H]12. The second-order valence-corrected chi connectivity index (χ2v) is 5.56. The number of aliphatic hydroxyl groups is 3. The van der Waals surface area contributed by atoms with Crippen LogP contribution in [0.4, 0.5) is 0 Å². The Bertz CT molecular complexity index is 516. The highest BCUT2D eigenvalue weighted by molar-refractivity contribution is 5.89. The molecule has 3 rings (SSSR count). The van der Waals surface area contributed by atoms with Crippen molar-refractivity contribution < 1.29 is 24.9 Å². The molecule has 0 aromatic carbocycles. The average molecular weight is 278 g/mol. The molecule has 3 unspecified atom stereocenters. The number of rotatable bonds is 1. The maximum absolute atomic E-state index is 12.5. The third kappa shape index (κ3) is 2.27. The van der Waals surface area contributed by atoms with E-state index in [1.165, 1.54) is 6.08 Å². The third-order valence-corrected chi connectivity index (χ3v) is 4.19. The lowest BCUT2D eigenvalue weighted by atomic mass is 9.78. The number of carbonyl (C=O) groups excluding carboxylic acids is 1. The van der Waals surface area contributed by atoms with Gasteiger partial charge in [0.05, 0.1) is 17.9 Å². The van der Waals surface area contributed by atoms with Gasteiger partial charge in [-0.3, -0.25) is 4.79 Å². The molecule has 108 valence electrons. The number of ether oxygens (including phenoxy) is 1. The molecule has 0 radical (unpaired) electrons. The van der Waals surface area contributed by atoms with E-state index in [2.05, 4.69) is 0 Å². The van der Waals surface area contributed by atoms with Crippen LogP contribution in [0.3, 0.4) is 0 Å². The van der Waals surface area contributed by atoms with E-state index >= 15 is 0 Å². The van der Waals surface area contributed by atoms with Crippen LogP contribution in [-0.4, -0.2) is 39.9 Å². The van der Waals surface area contributed by atoms with Gasteiger partial charge in [0.2, 0.25) is 0 Å². The number of carbonyl (C=O) groups is 1. The monoisotopic (exact) mass is 278 g/mol. The Balaban J connectivity index is 1.81. The van der Waals surface area contributed by atoms with Gasteiger partial charge >= 0.3 is 0 Å². The number of hydrogen-bond donors (Lipinski definition) is 3. The lowest BCUT2D eigenvalue weighted by Gasteiger charge is -2.35. The minimum atomic E-state index is -0.876. The molecule has 0 saturated carbocycles. The lowest BCUT2D eigenvalue weighted by molar-refractivity contribution is -0.131. The zero-order valence-electron chi connectivity index (χ0n) is 11.0. The Kier molecular flexibility index (Phi) is 3.40. The molecule has 1 saturated heterocycles. The number of Topliss-reactive ketones (excluding diaryl/α,β-unsaturated/α-hetero) is 1. The second kappa shape index (κ2) is 5.07. The molecule has 0 bridgehead atoms. The maximum atomic E-state index is 12.5. The van der Waals surface area contributed by atoms with E-state index in [4.69, 9.17) is 4.74 Å². The Labute approximate surface area is 116 Å². The van der Waals surface area contributed by atoms with E-state index in [9.17, 15) is 20.1 Å². The fraction of sp³-hybridized carbons (Fsp3) is 0.533. The van der Waals surface area contributed by atoms with Gasteiger partial charge in [-0.05, 0) is 37.0 Å². The van der Waals surface area contributed by atoms with Gasteiger partial charge in [0, 0.05) is 0 Å². The van der Waals surface area contributed by atoms with E-state index in [0.29, 0.717) is 30.6 Å². The number of aliphatic hydroxyl groups excluding tert-OH is 3. The van der Waals surface area contributed by atoms with Crippen LogP contribution in [0.25, 0.3) is 0 Å². The minimum Gasteiger partial charge on any atom is -0.510 e. The average Bonchev–Trinajstić information content (AvgIpc) is 2.42. The molecule has 3 N–H and O–H groups in total. The van der Waals surface area contributed by atoms with Crippen molar-refractivity contribution in [2.75, 3.05) is 6.61 Å². The second-order valence-electron chi connectivity index (χ2n) is 5.56. The highest BCUT2D eigenvalue weighted by atomic mass is 16.5. The Hall–Kier alpha value is -1.59. The normalized spacial score (nSPS) is 37.3. The number of allylic oxidation sites excluding steroid dienone is 2. The zero-order chi connectivity index (χ0) is 14.3. The van der Waals surface area contributed by atoms with Crippen LogP contribution in [-0.2, 0) is 9.53 Å². The molecular weight excluding hydrogens is 260 g/mol. The molecule has 0 aromatic heterocycles. The number of hydrogen-bond acceptors (Lipinski definition) is 5. The van der Waals surface area contributed by atoms with Gasteiger partial charge < -0.3 is 20.1 Å². The van der Waals surface area contributed by atoms with Crippen molar-refractivity contribution in [2.45, 2.75) is 31.5 Å². The fourth-order valence-corrected chi connectivity index (χ4v) is 3.00. The van der Waals surface area contributed by atoms with Gasteiger partial charge in [-0.2, -0.15) is 0 Å². The molecule has 1 aliphatic heterocycles. The summed E-state index contributed by atoms with van der Waals surface area (Å²) in [6, 6.07) is 0. The molecule has 5 nitrogen and oxygen atoms in total. The van der Waals surface area contributed by atoms with Gasteiger partial charge in [-0.1, -0.05) is 6.08 Å². The molecule has 5 heteroatoms. The van der Waals surface area contributed by atoms with E-state index in [1.807, 2.05) is 0 Å². The Morgan fingerprint density at radius 2 is 2.00 bits per heavy atom. The van der Waals surface area contributed by atoms with Gasteiger partial charge in [0.25, 0.3) is 0 Å². The summed E-state index contributed by atoms with van der Waals surface area (Å²) in [7, 11) is 0. The van der Waals surface area contributed by atoms with E-state index < -0.39 is 18.1 Å². The summed E-state index contributed by atoms with van der Waals surface area (Å²) in [4.78, 5) is 12.5. The molecule has 1 heterocycles. The quantitative estimate of drug-likeness (QED) is 0.666. The topological polar surface area (TPSA) is 87.0 Å².